The van der Waals surface area contributed by atoms with E-state index in [-0.39, 0.29) is 0 Å². The van der Waals surface area contributed by atoms with Gasteiger partial charge >= 0.3 is 0 Å². The lowest BCUT2D eigenvalue weighted by molar-refractivity contribution is -0.171. The molecular weight excluding hydrogens is 366 g/mol. The van der Waals surface area contributed by atoms with E-state index in [1.807, 2.05) is 27.0 Å². The molecule has 4 rings (SSSR count). The van der Waals surface area contributed by atoms with Gasteiger partial charge in [-0.1, -0.05) is 12.5 Å². The molecule has 0 radical (unpaired) electrons. The zero-order chi connectivity index (χ0) is 20.3. The van der Waals surface area contributed by atoms with E-state index in [0.717, 1.165) is 37.0 Å². The lowest BCUT2D eigenvalue weighted by Crippen LogP contribution is -2.72. The van der Waals surface area contributed by atoms with Gasteiger partial charge in [-0.05, 0) is 57.2 Å². The van der Waals surface area contributed by atoms with Crippen molar-refractivity contribution >= 4 is 5.96 Å². The van der Waals surface area contributed by atoms with Crippen molar-refractivity contribution in [3.05, 3.63) is 23.8 Å². The quantitative estimate of drug-likeness (QED) is 0.518. The van der Waals surface area contributed by atoms with E-state index in [0.29, 0.717) is 36.7 Å². The molecule has 29 heavy (non-hydrogen) atoms. The van der Waals surface area contributed by atoms with E-state index < -0.39 is 0 Å². The minimum atomic E-state index is 0.361. The number of nitrogens with zero attached hydrogens (tertiary/aromatic N) is 1. The van der Waals surface area contributed by atoms with E-state index in [1.54, 1.807) is 0 Å². The molecule has 0 bridgehead atoms. The van der Waals surface area contributed by atoms with Gasteiger partial charge in [0.1, 0.15) is 0 Å². The number of hydrogen-bond donors (Lipinski definition) is 2. The van der Waals surface area contributed by atoms with Crippen molar-refractivity contribution in [2.45, 2.75) is 58.1 Å². The molecule has 0 amide bonds. The Labute approximate surface area is 174 Å². The second-order valence-electron chi connectivity index (χ2n) is 8.35. The average molecular weight is 402 g/mol. The summed E-state index contributed by atoms with van der Waals surface area (Å²) in [6, 6.07) is 6.71. The Morgan fingerprint density at radius 2 is 2.00 bits per heavy atom. The lowest BCUT2D eigenvalue weighted by atomic mass is 9.46. The van der Waals surface area contributed by atoms with Gasteiger partial charge < -0.3 is 24.8 Å². The van der Waals surface area contributed by atoms with Crippen molar-refractivity contribution < 1.29 is 14.2 Å². The normalized spacial score (nSPS) is 27.0. The molecule has 1 aromatic rings. The highest BCUT2D eigenvalue weighted by molar-refractivity contribution is 5.80. The van der Waals surface area contributed by atoms with E-state index in [1.165, 1.54) is 31.2 Å². The predicted molar refractivity (Wildman–Crippen MR) is 115 cm³/mol. The maximum Gasteiger partial charge on any atom is 0.191 e. The number of guanidine groups is 1. The van der Waals surface area contributed by atoms with Crippen molar-refractivity contribution in [3.8, 4) is 11.5 Å². The van der Waals surface area contributed by atoms with Crippen molar-refractivity contribution in [2.24, 2.45) is 16.3 Å². The summed E-state index contributed by atoms with van der Waals surface area (Å²) in [6.07, 6.45) is 6.46. The third-order valence-corrected chi connectivity index (χ3v) is 6.87. The second-order valence-corrected chi connectivity index (χ2v) is 8.35. The summed E-state index contributed by atoms with van der Waals surface area (Å²) in [5, 5.41) is 7.23. The standard InChI is InChI=1S/C23H35N3O3/c1-4-27-18-8-7-16(15-19(18)28-5-2)9-13-25-22(24-3)26-20-17-10-14-29-21(17)23(20)11-6-12-23/h7-8,15,17,20-21H,4-6,9-14H2,1-3H3,(H2,24,25,26). The van der Waals surface area contributed by atoms with E-state index >= 15 is 0 Å². The highest BCUT2D eigenvalue weighted by atomic mass is 16.5. The molecule has 6 nitrogen and oxygen atoms in total. The van der Waals surface area contributed by atoms with Crippen LogP contribution in [0.1, 0.15) is 45.1 Å². The molecule has 3 fully saturated rings. The molecule has 1 saturated heterocycles. The third-order valence-electron chi connectivity index (χ3n) is 6.87. The fraction of sp³-hybridized carbons (Fsp3) is 0.696. The first-order valence-electron chi connectivity index (χ1n) is 11.2. The zero-order valence-electron chi connectivity index (χ0n) is 18.0. The van der Waals surface area contributed by atoms with Gasteiger partial charge in [0.2, 0.25) is 0 Å². The minimum Gasteiger partial charge on any atom is -0.490 e. The van der Waals surface area contributed by atoms with Crippen LogP contribution in [0.15, 0.2) is 23.2 Å². The van der Waals surface area contributed by atoms with Crippen LogP contribution in [0.5, 0.6) is 11.5 Å². The summed E-state index contributed by atoms with van der Waals surface area (Å²) in [6.45, 7) is 6.99. The number of hydrogen-bond acceptors (Lipinski definition) is 4. The topological polar surface area (TPSA) is 64.1 Å². The van der Waals surface area contributed by atoms with Gasteiger partial charge in [-0.25, -0.2) is 0 Å². The van der Waals surface area contributed by atoms with Crippen LogP contribution in [-0.4, -0.2) is 51.5 Å². The first-order chi connectivity index (χ1) is 14.2. The molecule has 1 heterocycles. The average Bonchev–Trinajstić information content (AvgIpc) is 3.10. The number of aliphatic imine (C=N–C) groups is 1. The smallest absolute Gasteiger partial charge is 0.191 e. The predicted octanol–water partition coefficient (Wildman–Crippen LogP) is 3.15. The number of benzene rings is 1. The van der Waals surface area contributed by atoms with Gasteiger partial charge in [0.15, 0.2) is 17.5 Å². The molecule has 3 atom stereocenters. The molecule has 1 spiro atoms. The summed E-state index contributed by atoms with van der Waals surface area (Å²) in [7, 11) is 1.86. The monoisotopic (exact) mass is 401 g/mol. The van der Waals surface area contributed by atoms with Gasteiger partial charge in [0.05, 0.1) is 19.3 Å². The molecule has 6 heteroatoms. The second kappa shape index (κ2) is 8.82. The van der Waals surface area contributed by atoms with Gasteiger partial charge in [0.25, 0.3) is 0 Å². The maximum atomic E-state index is 6.03. The van der Waals surface area contributed by atoms with Crippen molar-refractivity contribution in [2.75, 3.05) is 33.4 Å². The first-order valence-corrected chi connectivity index (χ1v) is 11.2. The van der Waals surface area contributed by atoms with Crippen LogP contribution in [0.2, 0.25) is 0 Å². The zero-order valence-corrected chi connectivity index (χ0v) is 18.0. The van der Waals surface area contributed by atoms with Crippen LogP contribution in [0.4, 0.5) is 0 Å². The number of nitrogens with one attached hydrogen (secondary N) is 2. The first kappa shape index (κ1) is 20.3. The molecule has 1 aliphatic heterocycles. The Hall–Kier alpha value is -1.95. The third kappa shape index (κ3) is 3.79. The Balaban J connectivity index is 1.31. The highest BCUT2D eigenvalue weighted by Gasteiger charge is 2.66. The molecule has 3 aliphatic rings. The SMILES string of the molecule is CCOc1ccc(CCNC(=NC)NC2C3CCOC3C23CCC3)cc1OCC. The van der Waals surface area contributed by atoms with Crippen LogP contribution >= 0.6 is 0 Å². The molecule has 1 aromatic carbocycles. The van der Waals surface area contributed by atoms with Crippen LogP contribution in [0.25, 0.3) is 0 Å². The molecule has 3 unspecified atom stereocenters. The number of rotatable bonds is 8. The summed E-state index contributed by atoms with van der Waals surface area (Å²) >= 11 is 0. The molecule has 160 valence electrons. The molecule has 2 aliphatic carbocycles. The molecular formula is C23H35N3O3. The summed E-state index contributed by atoms with van der Waals surface area (Å²) in [5.74, 6) is 3.19. The van der Waals surface area contributed by atoms with Gasteiger partial charge in [-0.15, -0.1) is 0 Å². The molecule has 0 aromatic heterocycles. The Bertz CT molecular complexity index is 732. The van der Waals surface area contributed by atoms with Crippen LogP contribution in [0.3, 0.4) is 0 Å². The summed E-state index contributed by atoms with van der Waals surface area (Å²) in [4.78, 5) is 4.47. The maximum absolute atomic E-state index is 6.03. The minimum absolute atomic E-state index is 0.361. The van der Waals surface area contributed by atoms with E-state index in [4.69, 9.17) is 14.2 Å². The van der Waals surface area contributed by atoms with Gasteiger partial charge in [-0.3, -0.25) is 4.99 Å². The molecule has 2 saturated carbocycles. The van der Waals surface area contributed by atoms with E-state index in [2.05, 4.69) is 27.8 Å². The van der Waals surface area contributed by atoms with Gasteiger partial charge in [-0.2, -0.15) is 0 Å². The van der Waals surface area contributed by atoms with Gasteiger partial charge in [0, 0.05) is 37.6 Å². The summed E-state index contributed by atoms with van der Waals surface area (Å²) < 4.78 is 17.4. The molecule has 2 N–H and O–H groups in total. The van der Waals surface area contributed by atoms with E-state index in [9.17, 15) is 0 Å². The number of fused-ring (bicyclic) bond motifs is 2. The largest absolute Gasteiger partial charge is 0.490 e. The van der Waals surface area contributed by atoms with Crippen molar-refractivity contribution in [1.29, 1.82) is 0 Å². The fourth-order valence-electron chi connectivity index (χ4n) is 5.37. The highest BCUT2D eigenvalue weighted by Crippen LogP contribution is 2.62. The van der Waals surface area contributed by atoms with Crippen molar-refractivity contribution in [1.82, 2.24) is 10.6 Å². The Morgan fingerprint density at radius 3 is 2.69 bits per heavy atom. The van der Waals surface area contributed by atoms with Crippen LogP contribution in [-0.2, 0) is 11.2 Å². The van der Waals surface area contributed by atoms with Crippen LogP contribution < -0.4 is 20.1 Å². The summed E-state index contributed by atoms with van der Waals surface area (Å²) in [5.41, 5.74) is 1.59. The van der Waals surface area contributed by atoms with Crippen LogP contribution in [0, 0.1) is 11.3 Å². The fourth-order valence-corrected chi connectivity index (χ4v) is 5.37. The van der Waals surface area contributed by atoms with Crippen molar-refractivity contribution in [3.63, 3.8) is 0 Å². The lowest BCUT2D eigenvalue weighted by Gasteiger charge is -2.63. The Kier molecular flexibility index (Phi) is 6.18. The number of ether oxygens (including phenoxy) is 3. The Morgan fingerprint density at radius 1 is 1.21 bits per heavy atom.